The van der Waals surface area contributed by atoms with Crippen LogP contribution in [0.25, 0.3) is 0 Å². The standard InChI is InChI=1S/C18H24FN3O2/c1-20-16(23)15-11-22(12-18(15)8-2-3-9-18)17(24)21-10-13-4-6-14(19)7-5-13/h4-7,15H,2-3,8-12H2,1H3,(H,20,23)(H,21,24). The lowest BCUT2D eigenvalue weighted by Crippen LogP contribution is -2.39. The lowest BCUT2D eigenvalue weighted by molar-refractivity contribution is -0.127. The van der Waals surface area contributed by atoms with Gasteiger partial charge in [-0.3, -0.25) is 4.79 Å². The van der Waals surface area contributed by atoms with Gasteiger partial charge in [-0.1, -0.05) is 25.0 Å². The van der Waals surface area contributed by atoms with Crippen molar-refractivity contribution in [3.63, 3.8) is 0 Å². The molecule has 1 aromatic rings. The van der Waals surface area contributed by atoms with Gasteiger partial charge in [0, 0.05) is 32.1 Å². The van der Waals surface area contributed by atoms with Crippen LogP contribution in [0.5, 0.6) is 0 Å². The molecule has 1 spiro atoms. The molecule has 0 bridgehead atoms. The summed E-state index contributed by atoms with van der Waals surface area (Å²) in [6.07, 6.45) is 4.26. The third-order valence-electron chi connectivity index (χ3n) is 5.45. The van der Waals surface area contributed by atoms with Gasteiger partial charge in [0.2, 0.25) is 5.91 Å². The zero-order valence-electron chi connectivity index (χ0n) is 14.0. The van der Waals surface area contributed by atoms with Crippen LogP contribution in [-0.2, 0) is 11.3 Å². The van der Waals surface area contributed by atoms with Crippen molar-refractivity contribution in [3.05, 3.63) is 35.6 Å². The number of nitrogens with one attached hydrogen (secondary N) is 2. The zero-order chi connectivity index (χ0) is 17.2. The Balaban J connectivity index is 1.63. The molecule has 1 heterocycles. The molecule has 1 saturated heterocycles. The predicted octanol–water partition coefficient (Wildman–Crippen LogP) is 2.27. The van der Waals surface area contributed by atoms with Gasteiger partial charge in [0.25, 0.3) is 0 Å². The quantitative estimate of drug-likeness (QED) is 0.891. The fraction of sp³-hybridized carbons (Fsp3) is 0.556. The highest BCUT2D eigenvalue weighted by Crippen LogP contribution is 2.49. The molecule has 3 rings (SSSR count). The van der Waals surface area contributed by atoms with Gasteiger partial charge >= 0.3 is 6.03 Å². The Morgan fingerprint density at radius 2 is 1.92 bits per heavy atom. The molecule has 1 atom stereocenters. The van der Waals surface area contributed by atoms with Crippen LogP contribution >= 0.6 is 0 Å². The number of rotatable bonds is 3. The topological polar surface area (TPSA) is 61.4 Å². The number of halogens is 1. The Bertz CT molecular complexity index is 611. The lowest BCUT2D eigenvalue weighted by Gasteiger charge is -2.28. The van der Waals surface area contributed by atoms with Crippen LogP contribution in [0.15, 0.2) is 24.3 Å². The van der Waals surface area contributed by atoms with E-state index in [1.54, 1.807) is 24.1 Å². The fourth-order valence-electron chi connectivity index (χ4n) is 4.14. The summed E-state index contributed by atoms with van der Waals surface area (Å²) >= 11 is 0. The van der Waals surface area contributed by atoms with Crippen LogP contribution in [-0.4, -0.2) is 37.0 Å². The number of amides is 3. The lowest BCUT2D eigenvalue weighted by atomic mass is 9.76. The van der Waals surface area contributed by atoms with Crippen molar-refractivity contribution in [2.24, 2.45) is 11.3 Å². The Hall–Kier alpha value is -2.11. The average molecular weight is 333 g/mol. The van der Waals surface area contributed by atoms with Gasteiger partial charge in [0.15, 0.2) is 0 Å². The highest BCUT2D eigenvalue weighted by atomic mass is 19.1. The highest BCUT2D eigenvalue weighted by molar-refractivity contribution is 5.82. The maximum Gasteiger partial charge on any atom is 0.317 e. The molecule has 0 aromatic heterocycles. The maximum absolute atomic E-state index is 12.9. The first-order valence-electron chi connectivity index (χ1n) is 8.53. The van der Waals surface area contributed by atoms with Gasteiger partial charge in [0.1, 0.15) is 5.82 Å². The normalized spacial score (nSPS) is 21.9. The Labute approximate surface area is 141 Å². The van der Waals surface area contributed by atoms with Gasteiger partial charge in [-0.15, -0.1) is 0 Å². The second kappa shape index (κ2) is 6.79. The summed E-state index contributed by atoms with van der Waals surface area (Å²) < 4.78 is 12.9. The molecule has 1 unspecified atom stereocenters. The largest absolute Gasteiger partial charge is 0.359 e. The van der Waals surface area contributed by atoms with Gasteiger partial charge in [-0.05, 0) is 30.5 Å². The molecule has 6 heteroatoms. The van der Waals surface area contributed by atoms with E-state index < -0.39 is 0 Å². The van der Waals surface area contributed by atoms with E-state index in [4.69, 9.17) is 0 Å². The number of benzene rings is 1. The first-order valence-corrected chi connectivity index (χ1v) is 8.53. The van der Waals surface area contributed by atoms with Crippen LogP contribution in [0, 0.1) is 17.2 Å². The van der Waals surface area contributed by atoms with Gasteiger partial charge in [0.05, 0.1) is 5.92 Å². The maximum atomic E-state index is 12.9. The molecular formula is C18H24FN3O2. The molecule has 1 aliphatic heterocycles. The van der Waals surface area contributed by atoms with Crippen molar-refractivity contribution in [3.8, 4) is 0 Å². The summed E-state index contributed by atoms with van der Waals surface area (Å²) in [6.45, 7) is 1.46. The number of likely N-dealkylation sites (tertiary alicyclic amines) is 1. The van der Waals surface area contributed by atoms with Crippen LogP contribution in [0.4, 0.5) is 9.18 Å². The second-order valence-electron chi connectivity index (χ2n) is 6.90. The SMILES string of the molecule is CNC(=O)C1CN(C(=O)NCc2ccc(F)cc2)CC12CCCC2. The number of hydrogen-bond acceptors (Lipinski definition) is 2. The second-order valence-corrected chi connectivity index (χ2v) is 6.90. The number of hydrogen-bond donors (Lipinski definition) is 2. The van der Waals surface area contributed by atoms with E-state index in [-0.39, 0.29) is 29.1 Å². The van der Waals surface area contributed by atoms with Crippen molar-refractivity contribution < 1.29 is 14.0 Å². The number of urea groups is 1. The van der Waals surface area contributed by atoms with E-state index >= 15 is 0 Å². The van der Waals surface area contributed by atoms with Crippen molar-refractivity contribution in [2.75, 3.05) is 20.1 Å². The fourth-order valence-corrected chi connectivity index (χ4v) is 4.14. The monoisotopic (exact) mass is 333 g/mol. The van der Waals surface area contributed by atoms with E-state index in [2.05, 4.69) is 10.6 Å². The predicted molar refractivity (Wildman–Crippen MR) is 88.7 cm³/mol. The van der Waals surface area contributed by atoms with E-state index in [0.29, 0.717) is 19.6 Å². The third kappa shape index (κ3) is 3.23. The summed E-state index contributed by atoms with van der Waals surface area (Å²) in [5.74, 6) is -0.381. The van der Waals surface area contributed by atoms with Crippen LogP contribution < -0.4 is 10.6 Å². The number of carbonyl (C=O) groups is 2. The first-order chi connectivity index (χ1) is 11.5. The molecule has 2 fully saturated rings. The Morgan fingerprint density at radius 1 is 1.25 bits per heavy atom. The molecule has 24 heavy (non-hydrogen) atoms. The van der Waals surface area contributed by atoms with Crippen molar-refractivity contribution >= 4 is 11.9 Å². The van der Waals surface area contributed by atoms with Crippen molar-refractivity contribution in [1.29, 1.82) is 0 Å². The summed E-state index contributed by atoms with van der Waals surface area (Å²) in [4.78, 5) is 26.5. The van der Waals surface area contributed by atoms with Crippen LogP contribution in [0.1, 0.15) is 31.2 Å². The summed E-state index contributed by atoms with van der Waals surface area (Å²) in [7, 11) is 1.66. The molecule has 2 aliphatic rings. The average Bonchev–Trinajstić information content (AvgIpc) is 3.21. The van der Waals surface area contributed by atoms with Crippen molar-refractivity contribution in [1.82, 2.24) is 15.5 Å². The van der Waals surface area contributed by atoms with Gasteiger partial charge in [-0.25, -0.2) is 9.18 Å². The van der Waals surface area contributed by atoms with E-state index in [0.717, 1.165) is 31.2 Å². The minimum Gasteiger partial charge on any atom is -0.359 e. The van der Waals surface area contributed by atoms with E-state index in [1.165, 1.54) is 12.1 Å². The first kappa shape index (κ1) is 16.7. The molecule has 1 saturated carbocycles. The molecule has 5 nitrogen and oxygen atoms in total. The number of carbonyl (C=O) groups excluding carboxylic acids is 2. The molecular weight excluding hydrogens is 309 g/mol. The Kier molecular flexibility index (Phi) is 4.73. The third-order valence-corrected chi connectivity index (χ3v) is 5.45. The zero-order valence-corrected chi connectivity index (χ0v) is 14.0. The minimum absolute atomic E-state index is 0.0331. The molecule has 0 radical (unpaired) electrons. The van der Waals surface area contributed by atoms with E-state index in [1.807, 2.05) is 0 Å². The van der Waals surface area contributed by atoms with Gasteiger partial charge in [-0.2, -0.15) is 0 Å². The molecule has 1 aliphatic carbocycles. The molecule has 130 valence electrons. The summed E-state index contributed by atoms with van der Waals surface area (Å²) in [5.41, 5.74) is 0.787. The van der Waals surface area contributed by atoms with Crippen LogP contribution in [0.2, 0.25) is 0 Å². The molecule has 3 amide bonds. The number of nitrogens with zero attached hydrogens (tertiary/aromatic N) is 1. The molecule has 1 aromatic carbocycles. The van der Waals surface area contributed by atoms with Gasteiger partial charge < -0.3 is 15.5 Å². The summed E-state index contributed by atoms with van der Waals surface area (Å²) in [6, 6.07) is 5.92. The van der Waals surface area contributed by atoms with E-state index in [9.17, 15) is 14.0 Å². The molecule has 2 N–H and O–H groups in total. The smallest absolute Gasteiger partial charge is 0.317 e. The van der Waals surface area contributed by atoms with Crippen LogP contribution in [0.3, 0.4) is 0 Å². The Morgan fingerprint density at radius 3 is 2.54 bits per heavy atom. The summed E-state index contributed by atoms with van der Waals surface area (Å²) in [5, 5.41) is 5.62. The highest BCUT2D eigenvalue weighted by Gasteiger charge is 2.52. The van der Waals surface area contributed by atoms with Crippen molar-refractivity contribution in [2.45, 2.75) is 32.2 Å². The minimum atomic E-state index is -0.291.